The summed E-state index contributed by atoms with van der Waals surface area (Å²) in [5.74, 6) is -3.06. The second-order valence-electron chi connectivity index (χ2n) is 4.31. The molecule has 0 aliphatic rings. The van der Waals surface area contributed by atoms with Gasteiger partial charge in [-0.15, -0.1) is 0 Å². The summed E-state index contributed by atoms with van der Waals surface area (Å²) in [7, 11) is 0. The van der Waals surface area contributed by atoms with Crippen molar-refractivity contribution in [3.63, 3.8) is 0 Å². The standard InChI is InChI=1S/C12H17NO5/c1-6(2-7(5-13)12(17)18)9-3-8(14)4-10(15)11(9)16/h3-4,6-7,14-16H,2,5,13H2,1H3,(H,17,18). The smallest absolute Gasteiger partial charge is 0.307 e. The average molecular weight is 255 g/mol. The van der Waals surface area contributed by atoms with E-state index in [4.69, 9.17) is 10.8 Å². The largest absolute Gasteiger partial charge is 0.508 e. The van der Waals surface area contributed by atoms with Gasteiger partial charge in [0.2, 0.25) is 0 Å². The van der Waals surface area contributed by atoms with Crippen LogP contribution < -0.4 is 5.73 Å². The van der Waals surface area contributed by atoms with Gasteiger partial charge in [0.1, 0.15) is 5.75 Å². The number of aromatic hydroxyl groups is 3. The van der Waals surface area contributed by atoms with Gasteiger partial charge in [0.15, 0.2) is 11.5 Å². The molecule has 0 spiro atoms. The molecule has 0 aliphatic heterocycles. The Morgan fingerprint density at radius 1 is 1.33 bits per heavy atom. The van der Waals surface area contributed by atoms with Crippen LogP contribution in [0.2, 0.25) is 0 Å². The van der Waals surface area contributed by atoms with Gasteiger partial charge >= 0.3 is 5.97 Å². The predicted octanol–water partition coefficient (Wildman–Crippen LogP) is 0.957. The van der Waals surface area contributed by atoms with Crippen molar-refractivity contribution in [1.29, 1.82) is 0 Å². The third-order valence-electron chi connectivity index (χ3n) is 2.91. The van der Waals surface area contributed by atoms with Crippen LogP contribution in [0.25, 0.3) is 0 Å². The minimum Gasteiger partial charge on any atom is -0.508 e. The molecule has 1 rings (SSSR count). The summed E-state index contributed by atoms with van der Waals surface area (Å²) in [4.78, 5) is 10.9. The minimum absolute atomic E-state index is 0.00870. The van der Waals surface area contributed by atoms with Gasteiger partial charge in [0.05, 0.1) is 5.92 Å². The van der Waals surface area contributed by atoms with E-state index in [0.717, 1.165) is 6.07 Å². The highest BCUT2D eigenvalue weighted by molar-refractivity contribution is 5.70. The Morgan fingerprint density at radius 3 is 2.44 bits per heavy atom. The first kappa shape index (κ1) is 14.1. The third-order valence-corrected chi connectivity index (χ3v) is 2.91. The Balaban J connectivity index is 2.97. The van der Waals surface area contributed by atoms with Gasteiger partial charge in [-0.2, -0.15) is 0 Å². The summed E-state index contributed by atoms with van der Waals surface area (Å²) in [5, 5.41) is 37.3. The second-order valence-corrected chi connectivity index (χ2v) is 4.31. The van der Waals surface area contributed by atoms with E-state index < -0.39 is 17.6 Å². The highest BCUT2D eigenvalue weighted by atomic mass is 16.4. The number of phenols is 3. The van der Waals surface area contributed by atoms with Crippen molar-refractivity contribution >= 4 is 5.97 Å². The molecule has 2 atom stereocenters. The first-order valence-corrected chi connectivity index (χ1v) is 5.54. The molecule has 1 aromatic carbocycles. The topological polar surface area (TPSA) is 124 Å². The van der Waals surface area contributed by atoms with Crippen LogP contribution in [0.15, 0.2) is 12.1 Å². The summed E-state index contributed by atoms with van der Waals surface area (Å²) >= 11 is 0. The second kappa shape index (κ2) is 5.59. The maximum absolute atomic E-state index is 10.9. The number of nitrogens with two attached hydrogens (primary N) is 1. The monoisotopic (exact) mass is 255 g/mol. The molecule has 0 heterocycles. The fraction of sp³-hybridized carbons (Fsp3) is 0.417. The molecule has 0 aromatic heterocycles. The Kier molecular flexibility index (Phi) is 4.38. The van der Waals surface area contributed by atoms with E-state index in [9.17, 15) is 20.1 Å². The molecular weight excluding hydrogens is 238 g/mol. The Hall–Kier alpha value is -1.95. The molecule has 6 heteroatoms. The SMILES string of the molecule is CC(CC(CN)C(=O)O)c1cc(O)cc(O)c1O. The molecule has 18 heavy (non-hydrogen) atoms. The summed E-state index contributed by atoms with van der Waals surface area (Å²) in [6.45, 7) is 1.69. The third kappa shape index (κ3) is 3.04. The van der Waals surface area contributed by atoms with E-state index in [-0.39, 0.29) is 30.4 Å². The van der Waals surface area contributed by atoms with Crippen LogP contribution >= 0.6 is 0 Å². The van der Waals surface area contributed by atoms with Crippen molar-refractivity contribution in [3.05, 3.63) is 17.7 Å². The Labute approximate surface area is 104 Å². The highest BCUT2D eigenvalue weighted by Gasteiger charge is 2.22. The molecule has 0 fully saturated rings. The molecular formula is C12H17NO5. The Bertz CT molecular complexity index is 446. The fourth-order valence-corrected chi connectivity index (χ4v) is 1.85. The van der Waals surface area contributed by atoms with Crippen molar-refractivity contribution < 1.29 is 25.2 Å². The van der Waals surface area contributed by atoms with E-state index >= 15 is 0 Å². The molecule has 0 saturated carbocycles. The summed E-state index contributed by atoms with van der Waals surface area (Å²) < 4.78 is 0. The van der Waals surface area contributed by atoms with E-state index in [2.05, 4.69) is 0 Å². The molecule has 1 aromatic rings. The molecule has 0 amide bonds. The first-order chi connectivity index (χ1) is 8.36. The fourth-order valence-electron chi connectivity index (χ4n) is 1.85. The molecule has 0 saturated heterocycles. The number of aliphatic carboxylic acids is 1. The van der Waals surface area contributed by atoms with E-state index in [1.165, 1.54) is 6.07 Å². The van der Waals surface area contributed by atoms with E-state index in [1.807, 2.05) is 0 Å². The lowest BCUT2D eigenvalue weighted by atomic mass is 9.89. The summed E-state index contributed by atoms with van der Waals surface area (Å²) in [6, 6.07) is 2.32. The average Bonchev–Trinajstić information content (AvgIpc) is 2.29. The molecule has 6 N–H and O–H groups in total. The number of carboxylic acid groups (broad SMARTS) is 1. The van der Waals surface area contributed by atoms with Crippen LogP contribution in [0.1, 0.15) is 24.8 Å². The predicted molar refractivity (Wildman–Crippen MR) is 64.6 cm³/mol. The van der Waals surface area contributed by atoms with Gasteiger partial charge in [-0.1, -0.05) is 6.92 Å². The highest BCUT2D eigenvalue weighted by Crippen LogP contribution is 2.39. The zero-order chi connectivity index (χ0) is 13.9. The minimum atomic E-state index is -1.01. The number of carboxylic acids is 1. The van der Waals surface area contributed by atoms with Crippen LogP contribution in [0.3, 0.4) is 0 Å². The molecule has 0 radical (unpaired) electrons. The molecule has 6 nitrogen and oxygen atoms in total. The van der Waals surface area contributed by atoms with Gasteiger partial charge in [0.25, 0.3) is 0 Å². The van der Waals surface area contributed by atoms with Gasteiger partial charge in [-0.25, -0.2) is 0 Å². The molecule has 0 aliphatic carbocycles. The summed E-state index contributed by atoms with van der Waals surface area (Å²) in [6.07, 6.45) is 0.211. The molecule has 2 unspecified atom stereocenters. The lowest BCUT2D eigenvalue weighted by Crippen LogP contribution is -2.24. The normalized spacial score (nSPS) is 14.1. The van der Waals surface area contributed by atoms with Crippen LogP contribution in [0, 0.1) is 5.92 Å². The van der Waals surface area contributed by atoms with Gasteiger partial charge in [-0.05, 0) is 18.4 Å². The number of hydrogen-bond donors (Lipinski definition) is 5. The van der Waals surface area contributed by atoms with Gasteiger partial charge in [0, 0.05) is 18.2 Å². The Morgan fingerprint density at radius 2 is 1.94 bits per heavy atom. The van der Waals surface area contributed by atoms with Crippen molar-refractivity contribution in [3.8, 4) is 17.2 Å². The van der Waals surface area contributed by atoms with Crippen molar-refractivity contribution in [2.45, 2.75) is 19.3 Å². The maximum atomic E-state index is 10.9. The zero-order valence-corrected chi connectivity index (χ0v) is 10.00. The van der Waals surface area contributed by atoms with Crippen LogP contribution in [0.5, 0.6) is 17.2 Å². The van der Waals surface area contributed by atoms with E-state index in [1.54, 1.807) is 6.92 Å². The zero-order valence-electron chi connectivity index (χ0n) is 10.00. The quantitative estimate of drug-likeness (QED) is 0.394. The number of hydrogen-bond acceptors (Lipinski definition) is 5. The van der Waals surface area contributed by atoms with Crippen molar-refractivity contribution in [1.82, 2.24) is 0 Å². The lowest BCUT2D eigenvalue weighted by Gasteiger charge is -2.18. The summed E-state index contributed by atoms with van der Waals surface area (Å²) in [5.41, 5.74) is 5.65. The van der Waals surface area contributed by atoms with Crippen LogP contribution in [-0.4, -0.2) is 32.9 Å². The molecule has 0 bridgehead atoms. The van der Waals surface area contributed by atoms with Crippen molar-refractivity contribution in [2.24, 2.45) is 11.7 Å². The molecule has 100 valence electrons. The number of benzene rings is 1. The van der Waals surface area contributed by atoms with E-state index in [0.29, 0.717) is 5.56 Å². The van der Waals surface area contributed by atoms with Gasteiger partial charge < -0.3 is 26.2 Å². The lowest BCUT2D eigenvalue weighted by molar-refractivity contribution is -0.141. The van der Waals surface area contributed by atoms with Crippen LogP contribution in [-0.2, 0) is 4.79 Å². The number of phenolic OH excluding ortho intramolecular Hbond substituents is 3. The van der Waals surface area contributed by atoms with Crippen LogP contribution in [0.4, 0.5) is 0 Å². The number of rotatable bonds is 5. The van der Waals surface area contributed by atoms with Gasteiger partial charge in [-0.3, -0.25) is 4.79 Å². The maximum Gasteiger partial charge on any atom is 0.307 e. The van der Waals surface area contributed by atoms with Crippen molar-refractivity contribution in [2.75, 3.05) is 6.54 Å². The first-order valence-electron chi connectivity index (χ1n) is 5.54. The number of carbonyl (C=O) groups is 1.